The van der Waals surface area contributed by atoms with Crippen LogP contribution in [0.5, 0.6) is 11.5 Å². The number of benzene rings is 1. The molecule has 2 aliphatic rings. The number of fused-ring (bicyclic) bond motifs is 1. The molecule has 5 nitrogen and oxygen atoms in total. The molecule has 29 heavy (non-hydrogen) atoms. The molecule has 0 bridgehead atoms. The first-order chi connectivity index (χ1) is 14.2. The Morgan fingerprint density at radius 3 is 2.69 bits per heavy atom. The number of pyridine rings is 1. The van der Waals surface area contributed by atoms with Gasteiger partial charge in [-0.3, -0.25) is 9.98 Å². The average Bonchev–Trinajstić information content (AvgIpc) is 3.30. The van der Waals surface area contributed by atoms with Crippen LogP contribution in [0, 0.1) is 0 Å². The van der Waals surface area contributed by atoms with E-state index in [0.29, 0.717) is 35.8 Å². The third kappa shape index (κ3) is 3.80. The van der Waals surface area contributed by atoms with Crippen molar-refractivity contribution in [2.45, 2.75) is 45.3 Å². The van der Waals surface area contributed by atoms with Gasteiger partial charge in [0.25, 0.3) is 0 Å². The third-order valence-electron chi connectivity index (χ3n) is 5.29. The van der Waals surface area contributed by atoms with Crippen molar-refractivity contribution in [3.8, 4) is 11.5 Å². The Labute approximate surface area is 181 Å². The van der Waals surface area contributed by atoms with E-state index in [4.69, 9.17) is 26.1 Å². The summed E-state index contributed by atoms with van der Waals surface area (Å²) in [5.74, 6) is 2.35. The number of thioether (sulfide) groups is 1. The summed E-state index contributed by atoms with van der Waals surface area (Å²) in [6.45, 7) is 7.23. The Morgan fingerprint density at radius 1 is 1.17 bits per heavy atom. The van der Waals surface area contributed by atoms with E-state index in [9.17, 15) is 0 Å². The van der Waals surface area contributed by atoms with E-state index in [2.05, 4.69) is 28.9 Å². The van der Waals surface area contributed by atoms with Gasteiger partial charge in [0.05, 0.1) is 30.0 Å². The first-order valence-corrected chi connectivity index (χ1v) is 11.5. The van der Waals surface area contributed by atoms with Crippen LogP contribution in [-0.2, 0) is 0 Å². The molecule has 0 amide bonds. The second-order valence-corrected chi connectivity index (χ2v) is 8.43. The van der Waals surface area contributed by atoms with Crippen molar-refractivity contribution in [3.05, 3.63) is 52.8 Å². The van der Waals surface area contributed by atoms with Gasteiger partial charge in [-0.25, -0.2) is 0 Å². The van der Waals surface area contributed by atoms with E-state index in [1.165, 1.54) is 0 Å². The summed E-state index contributed by atoms with van der Waals surface area (Å²) in [5.41, 5.74) is 2.05. The van der Waals surface area contributed by atoms with Crippen molar-refractivity contribution in [2.75, 3.05) is 19.0 Å². The molecule has 3 atom stereocenters. The Hall–Kier alpha value is -1.92. The summed E-state index contributed by atoms with van der Waals surface area (Å²) in [6.07, 6.45) is 2.90. The second kappa shape index (κ2) is 8.84. The molecule has 0 N–H and O–H groups in total. The monoisotopic (exact) mass is 431 g/mol. The Bertz CT molecular complexity index is 893. The highest BCUT2D eigenvalue weighted by molar-refractivity contribution is 8.14. The van der Waals surface area contributed by atoms with Gasteiger partial charge in [0, 0.05) is 18.0 Å². The van der Waals surface area contributed by atoms with E-state index in [-0.39, 0.29) is 12.1 Å². The molecule has 1 saturated heterocycles. The normalized spacial score (nSPS) is 23.1. The molecule has 0 radical (unpaired) electrons. The molecule has 3 heterocycles. The lowest BCUT2D eigenvalue weighted by Gasteiger charge is -2.32. The van der Waals surface area contributed by atoms with Crippen molar-refractivity contribution in [1.82, 2.24) is 9.88 Å². The van der Waals surface area contributed by atoms with Crippen LogP contribution >= 0.6 is 23.4 Å². The molecule has 4 rings (SSSR count). The van der Waals surface area contributed by atoms with Crippen molar-refractivity contribution in [2.24, 2.45) is 4.99 Å². The number of ether oxygens (including phenoxy) is 2. The number of hydrogen-bond acceptors (Lipinski definition) is 6. The standard InChI is InChI=1S/C22H26ClN3O2S/c1-4-15-13-29-22-25-19(17-9-7-8-10-24-17)20(26(15)22)14-11-16(23)21(28-6-3)18(12-14)27-5-2/h7-12,15,19-20H,4-6,13H2,1-3H3/t15-,19-,20+/m0/s1. The minimum absolute atomic E-state index is 0.0345. The van der Waals surface area contributed by atoms with Crippen LogP contribution < -0.4 is 9.47 Å². The fourth-order valence-corrected chi connectivity index (χ4v) is 5.63. The predicted molar refractivity (Wildman–Crippen MR) is 119 cm³/mol. The van der Waals surface area contributed by atoms with Crippen molar-refractivity contribution in [1.29, 1.82) is 0 Å². The molecule has 1 aromatic carbocycles. The highest BCUT2D eigenvalue weighted by Gasteiger charge is 2.45. The smallest absolute Gasteiger partial charge is 0.179 e. The Balaban J connectivity index is 1.81. The van der Waals surface area contributed by atoms with E-state index in [1.54, 1.807) is 0 Å². The summed E-state index contributed by atoms with van der Waals surface area (Å²) in [6, 6.07) is 10.5. The lowest BCUT2D eigenvalue weighted by Crippen LogP contribution is -2.35. The molecular weight excluding hydrogens is 406 g/mol. The van der Waals surface area contributed by atoms with Crippen molar-refractivity contribution < 1.29 is 9.47 Å². The highest BCUT2D eigenvalue weighted by Crippen LogP contribution is 2.50. The summed E-state index contributed by atoms with van der Waals surface area (Å²) < 4.78 is 11.7. The van der Waals surface area contributed by atoms with Crippen LogP contribution in [0.15, 0.2) is 41.5 Å². The van der Waals surface area contributed by atoms with Crippen LogP contribution in [0.25, 0.3) is 0 Å². The fraction of sp³-hybridized carbons (Fsp3) is 0.455. The maximum atomic E-state index is 6.65. The van der Waals surface area contributed by atoms with E-state index < -0.39 is 0 Å². The van der Waals surface area contributed by atoms with E-state index in [0.717, 1.165) is 28.6 Å². The van der Waals surface area contributed by atoms with E-state index >= 15 is 0 Å². The molecule has 2 aromatic rings. The number of nitrogens with zero attached hydrogens (tertiary/aromatic N) is 3. The summed E-state index contributed by atoms with van der Waals surface area (Å²) in [7, 11) is 0. The minimum atomic E-state index is -0.0727. The molecule has 0 saturated carbocycles. The van der Waals surface area contributed by atoms with E-state index in [1.807, 2.05) is 50.0 Å². The van der Waals surface area contributed by atoms with Gasteiger partial charge < -0.3 is 14.4 Å². The van der Waals surface area contributed by atoms with Gasteiger partial charge in [-0.15, -0.1) is 0 Å². The zero-order chi connectivity index (χ0) is 20.4. The van der Waals surface area contributed by atoms with Crippen LogP contribution in [0.1, 0.15) is 50.5 Å². The lowest BCUT2D eigenvalue weighted by molar-refractivity contribution is 0.252. The van der Waals surface area contributed by atoms with Crippen LogP contribution in [0.4, 0.5) is 0 Å². The molecule has 0 aliphatic carbocycles. The fourth-order valence-electron chi connectivity index (χ4n) is 4.02. The zero-order valence-corrected chi connectivity index (χ0v) is 18.5. The first-order valence-electron chi connectivity index (χ1n) is 10.2. The number of amidine groups is 1. The van der Waals surface area contributed by atoms with Gasteiger partial charge in [-0.2, -0.15) is 0 Å². The predicted octanol–water partition coefficient (Wildman–Crippen LogP) is 5.51. The summed E-state index contributed by atoms with van der Waals surface area (Å²) in [4.78, 5) is 12.1. The molecule has 7 heteroatoms. The van der Waals surface area contributed by atoms with Gasteiger partial charge in [-0.05, 0) is 50.1 Å². The molecule has 0 unspecified atom stereocenters. The number of halogens is 1. The lowest BCUT2D eigenvalue weighted by atomic mass is 9.95. The number of aromatic nitrogens is 1. The molecule has 154 valence electrons. The zero-order valence-electron chi connectivity index (χ0n) is 17.0. The van der Waals surface area contributed by atoms with Gasteiger partial charge in [0.15, 0.2) is 16.7 Å². The third-order valence-corrected chi connectivity index (χ3v) is 6.70. The molecule has 0 spiro atoms. The molecule has 1 fully saturated rings. The maximum Gasteiger partial charge on any atom is 0.179 e. The first kappa shape index (κ1) is 20.4. The second-order valence-electron chi connectivity index (χ2n) is 7.03. The summed E-state index contributed by atoms with van der Waals surface area (Å²) in [5, 5.41) is 1.67. The van der Waals surface area contributed by atoms with Gasteiger partial charge in [0.2, 0.25) is 0 Å². The summed E-state index contributed by atoms with van der Waals surface area (Å²) >= 11 is 8.48. The van der Waals surface area contributed by atoms with Crippen molar-refractivity contribution in [3.63, 3.8) is 0 Å². The maximum absolute atomic E-state index is 6.65. The Morgan fingerprint density at radius 2 is 2.00 bits per heavy atom. The number of rotatable bonds is 7. The van der Waals surface area contributed by atoms with Crippen molar-refractivity contribution >= 4 is 28.5 Å². The topological polar surface area (TPSA) is 47.0 Å². The number of aliphatic imine (C=N–C) groups is 1. The highest BCUT2D eigenvalue weighted by atomic mass is 35.5. The number of hydrogen-bond donors (Lipinski definition) is 0. The van der Waals surface area contributed by atoms with Gasteiger partial charge in [-0.1, -0.05) is 36.4 Å². The average molecular weight is 432 g/mol. The molecular formula is C22H26ClN3O2S. The quantitative estimate of drug-likeness (QED) is 0.578. The van der Waals surface area contributed by atoms with Crippen LogP contribution in [0.2, 0.25) is 5.02 Å². The van der Waals surface area contributed by atoms with Crippen LogP contribution in [0.3, 0.4) is 0 Å². The van der Waals surface area contributed by atoms with Crippen LogP contribution in [-0.4, -0.2) is 40.1 Å². The Kier molecular flexibility index (Phi) is 6.20. The molecule has 2 aliphatic heterocycles. The minimum Gasteiger partial charge on any atom is -0.490 e. The van der Waals surface area contributed by atoms with Gasteiger partial charge >= 0.3 is 0 Å². The van der Waals surface area contributed by atoms with Gasteiger partial charge in [0.1, 0.15) is 6.04 Å². The molecule has 1 aromatic heterocycles. The SMILES string of the molecule is CCOc1cc([C@@H]2[C@H](c3ccccn3)N=C3SC[C@H](CC)N32)cc(Cl)c1OCC. The largest absolute Gasteiger partial charge is 0.490 e.